The first kappa shape index (κ1) is 16.3. The lowest BCUT2D eigenvalue weighted by Crippen LogP contribution is -2.28. The molecule has 4 rings (SSSR count). The van der Waals surface area contributed by atoms with E-state index in [1.54, 1.807) is 11.3 Å². The second kappa shape index (κ2) is 7.38. The standard InChI is InChI=1S/C19H27N3OS/c1-15-19(24-14-20-15)12-21-9-17(6-8-23-13-16-4-5-16)10-22-7-2-3-18(22)11-21/h2-3,7,14,16-17H,4-6,8-13H2,1H3/t17-/m1/s1. The Labute approximate surface area is 148 Å². The van der Waals surface area contributed by atoms with Crippen LogP contribution in [0, 0.1) is 18.8 Å². The zero-order chi connectivity index (χ0) is 16.4. The zero-order valence-corrected chi connectivity index (χ0v) is 15.3. The van der Waals surface area contributed by atoms with Gasteiger partial charge >= 0.3 is 0 Å². The van der Waals surface area contributed by atoms with Crippen molar-refractivity contribution in [3.8, 4) is 0 Å². The van der Waals surface area contributed by atoms with Gasteiger partial charge in [-0.3, -0.25) is 4.90 Å². The Balaban J connectivity index is 1.38. The summed E-state index contributed by atoms with van der Waals surface area (Å²) >= 11 is 1.78. The second-order valence-corrected chi connectivity index (χ2v) is 8.29. The van der Waals surface area contributed by atoms with E-state index in [9.17, 15) is 0 Å². The molecule has 1 aliphatic carbocycles. The van der Waals surface area contributed by atoms with Gasteiger partial charge in [-0.2, -0.15) is 0 Å². The van der Waals surface area contributed by atoms with Crippen molar-refractivity contribution in [2.24, 2.45) is 11.8 Å². The monoisotopic (exact) mass is 345 g/mol. The van der Waals surface area contributed by atoms with E-state index in [0.29, 0.717) is 5.92 Å². The molecule has 0 amide bonds. The van der Waals surface area contributed by atoms with Gasteiger partial charge in [0.15, 0.2) is 0 Å². The normalized spacial score (nSPS) is 21.6. The molecule has 1 aliphatic heterocycles. The van der Waals surface area contributed by atoms with E-state index in [1.165, 1.54) is 29.1 Å². The highest BCUT2D eigenvalue weighted by Crippen LogP contribution is 2.29. The largest absolute Gasteiger partial charge is 0.381 e. The van der Waals surface area contributed by atoms with Crippen molar-refractivity contribution in [1.82, 2.24) is 14.5 Å². The minimum atomic E-state index is 0.658. The zero-order valence-electron chi connectivity index (χ0n) is 14.5. The number of ether oxygens (including phenoxy) is 1. The Kier molecular flexibility index (Phi) is 5.01. The van der Waals surface area contributed by atoms with Crippen molar-refractivity contribution in [3.63, 3.8) is 0 Å². The van der Waals surface area contributed by atoms with Crippen molar-refractivity contribution >= 4 is 11.3 Å². The summed E-state index contributed by atoms with van der Waals surface area (Å²) in [5, 5.41) is 0. The van der Waals surface area contributed by atoms with Gasteiger partial charge in [0.2, 0.25) is 0 Å². The molecule has 2 aliphatic rings. The van der Waals surface area contributed by atoms with Crippen molar-refractivity contribution < 1.29 is 4.74 Å². The molecule has 1 atom stereocenters. The van der Waals surface area contributed by atoms with Crippen LogP contribution in [0.5, 0.6) is 0 Å². The third kappa shape index (κ3) is 4.08. The van der Waals surface area contributed by atoms with Gasteiger partial charge in [-0.1, -0.05) is 0 Å². The lowest BCUT2D eigenvalue weighted by atomic mass is 10.1. The molecule has 0 radical (unpaired) electrons. The number of aromatic nitrogens is 2. The SMILES string of the molecule is Cc1ncsc1CN1Cc2cccn2C[C@H](CCOCC2CC2)C1. The Morgan fingerprint density at radius 2 is 2.21 bits per heavy atom. The molecular formula is C19H27N3OS. The van der Waals surface area contributed by atoms with Gasteiger partial charge in [0.25, 0.3) is 0 Å². The molecule has 0 aromatic carbocycles. The van der Waals surface area contributed by atoms with Crippen LogP contribution in [-0.4, -0.2) is 34.2 Å². The predicted octanol–water partition coefficient (Wildman–Crippen LogP) is 3.70. The topological polar surface area (TPSA) is 30.3 Å². The van der Waals surface area contributed by atoms with E-state index in [2.05, 4.69) is 39.7 Å². The van der Waals surface area contributed by atoms with Gasteiger partial charge in [-0.15, -0.1) is 11.3 Å². The van der Waals surface area contributed by atoms with E-state index in [1.807, 2.05) is 5.51 Å². The van der Waals surface area contributed by atoms with E-state index in [-0.39, 0.29) is 0 Å². The summed E-state index contributed by atoms with van der Waals surface area (Å²) in [5.41, 5.74) is 4.58. The molecule has 0 N–H and O–H groups in total. The molecule has 4 nitrogen and oxygen atoms in total. The molecule has 130 valence electrons. The molecule has 0 unspecified atom stereocenters. The summed E-state index contributed by atoms with van der Waals surface area (Å²) in [7, 11) is 0. The third-order valence-corrected chi connectivity index (χ3v) is 6.13. The molecular weight excluding hydrogens is 318 g/mol. The van der Waals surface area contributed by atoms with Crippen LogP contribution in [0.3, 0.4) is 0 Å². The number of nitrogens with zero attached hydrogens (tertiary/aromatic N) is 3. The molecule has 2 aromatic rings. The lowest BCUT2D eigenvalue weighted by molar-refractivity contribution is 0.101. The van der Waals surface area contributed by atoms with E-state index < -0.39 is 0 Å². The van der Waals surface area contributed by atoms with Crippen LogP contribution >= 0.6 is 11.3 Å². The van der Waals surface area contributed by atoms with Crippen molar-refractivity contribution in [2.75, 3.05) is 19.8 Å². The summed E-state index contributed by atoms with van der Waals surface area (Å²) in [6.07, 6.45) is 6.13. The van der Waals surface area contributed by atoms with Crippen molar-refractivity contribution in [2.45, 2.75) is 45.8 Å². The summed E-state index contributed by atoms with van der Waals surface area (Å²) in [5.74, 6) is 1.52. The lowest BCUT2D eigenvalue weighted by Gasteiger charge is -2.23. The number of fused-ring (bicyclic) bond motifs is 1. The number of rotatable bonds is 7. The molecule has 0 saturated heterocycles. The van der Waals surface area contributed by atoms with Crippen LogP contribution in [0.15, 0.2) is 23.8 Å². The van der Waals surface area contributed by atoms with Gasteiger partial charge in [0.05, 0.1) is 11.2 Å². The minimum Gasteiger partial charge on any atom is -0.381 e. The molecule has 0 spiro atoms. The molecule has 24 heavy (non-hydrogen) atoms. The second-order valence-electron chi connectivity index (χ2n) is 7.36. The molecule has 1 saturated carbocycles. The summed E-state index contributed by atoms with van der Waals surface area (Å²) < 4.78 is 8.33. The van der Waals surface area contributed by atoms with Gasteiger partial charge < -0.3 is 9.30 Å². The predicted molar refractivity (Wildman–Crippen MR) is 97.0 cm³/mol. The average molecular weight is 346 g/mol. The molecule has 1 fully saturated rings. The van der Waals surface area contributed by atoms with E-state index in [4.69, 9.17) is 4.74 Å². The highest BCUT2D eigenvalue weighted by atomic mass is 32.1. The quantitative estimate of drug-likeness (QED) is 0.717. The van der Waals surface area contributed by atoms with Crippen LogP contribution in [0.25, 0.3) is 0 Å². The van der Waals surface area contributed by atoms with Crippen molar-refractivity contribution in [3.05, 3.63) is 40.1 Å². The van der Waals surface area contributed by atoms with Gasteiger partial charge in [-0.05, 0) is 50.2 Å². The highest BCUT2D eigenvalue weighted by molar-refractivity contribution is 7.09. The van der Waals surface area contributed by atoms with Crippen LogP contribution in [0.1, 0.15) is 35.5 Å². The third-order valence-electron chi connectivity index (χ3n) is 5.21. The number of aryl methyl sites for hydroxylation is 1. The number of hydrogen-bond acceptors (Lipinski definition) is 4. The Morgan fingerprint density at radius 1 is 1.29 bits per heavy atom. The fourth-order valence-electron chi connectivity index (χ4n) is 3.53. The van der Waals surface area contributed by atoms with Gasteiger partial charge in [0.1, 0.15) is 0 Å². The van der Waals surface area contributed by atoms with Crippen LogP contribution in [0.4, 0.5) is 0 Å². The van der Waals surface area contributed by atoms with E-state index in [0.717, 1.165) is 51.7 Å². The van der Waals surface area contributed by atoms with Gasteiger partial charge in [-0.25, -0.2) is 4.98 Å². The Hall–Kier alpha value is -1.17. The Bertz CT molecular complexity index is 661. The summed E-state index contributed by atoms with van der Waals surface area (Å²) in [6, 6.07) is 4.44. The molecule has 5 heteroatoms. The smallest absolute Gasteiger partial charge is 0.0798 e. The number of hydrogen-bond donors (Lipinski definition) is 0. The highest BCUT2D eigenvalue weighted by Gasteiger charge is 2.24. The van der Waals surface area contributed by atoms with Crippen LogP contribution in [-0.2, 0) is 24.4 Å². The maximum atomic E-state index is 5.90. The molecule has 3 heterocycles. The van der Waals surface area contributed by atoms with Crippen LogP contribution < -0.4 is 0 Å². The first-order chi connectivity index (χ1) is 11.8. The maximum Gasteiger partial charge on any atom is 0.0798 e. The van der Waals surface area contributed by atoms with E-state index >= 15 is 0 Å². The first-order valence-corrected chi connectivity index (χ1v) is 9.99. The Morgan fingerprint density at radius 3 is 3.00 bits per heavy atom. The van der Waals surface area contributed by atoms with Crippen molar-refractivity contribution in [1.29, 1.82) is 0 Å². The summed E-state index contributed by atoms with van der Waals surface area (Å²) in [6.45, 7) is 8.32. The minimum absolute atomic E-state index is 0.658. The number of thiazole rings is 1. The average Bonchev–Trinajstić information content (AvgIpc) is 3.21. The fraction of sp³-hybridized carbons (Fsp3) is 0.632. The fourth-order valence-corrected chi connectivity index (χ4v) is 4.35. The summed E-state index contributed by atoms with van der Waals surface area (Å²) in [4.78, 5) is 8.40. The van der Waals surface area contributed by atoms with Gasteiger partial charge in [0, 0.05) is 56.2 Å². The first-order valence-electron chi connectivity index (χ1n) is 9.11. The molecule has 2 aromatic heterocycles. The molecule has 0 bridgehead atoms. The van der Waals surface area contributed by atoms with Crippen LogP contribution in [0.2, 0.25) is 0 Å². The maximum absolute atomic E-state index is 5.90.